The second-order valence-electron chi connectivity index (χ2n) is 5.86. The van der Waals surface area contributed by atoms with Gasteiger partial charge >= 0.3 is 5.97 Å². The second-order valence-corrected chi connectivity index (χ2v) is 5.86. The van der Waals surface area contributed by atoms with Gasteiger partial charge in [0.1, 0.15) is 18.4 Å². The third kappa shape index (κ3) is 4.19. The smallest absolute Gasteiger partial charge is 0.323 e. The normalized spacial score (nSPS) is 12.1. The zero-order chi connectivity index (χ0) is 17.6. The Morgan fingerprint density at radius 2 is 2.00 bits per heavy atom. The van der Waals surface area contributed by atoms with Gasteiger partial charge in [-0.25, -0.2) is 0 Å². The molecule has 3 aromatic rings. The number of nitrogens with one attached hydrogen (secondary N) is 1. The molecule has 0 bridgehead atoms. The second kappa shape index (κ2) is 7.85. The molecule has 5 nitrogen and oxygen atoms in total. The third-order valence-electron chi connectivity index (χ3n) is 4.02. The fourth-order valence-electron chi connectivity index (χ4n) is 2.73. The van der Waals surface area contributed by atoms with E-state index in [2.05, 4.69) is 4.98 Å². The van der Waals surface area contributed by atoms with Crippen LogP contribution in [0.3, 0.4) is 0 Å². The molecule has 2 aromatic carbocycles. The number of carbonyl (C=O) groups excluding carboxylic acids is 1. The number of aromatic amines is 1. The van der Waals surface area contributed by atoms with Gasteiger partial charge in [-0.15, -0.1) is 0 Å². The van der Waals surface area contributed by atoms with E-state index >= 15 is 0 Å². The molecule has 5 heteroatoms. The van der Waals surface area contributed by atoms with Crippen molar-refractivity contribution in [2.24, 2.45) is 5.73 Å². The first kappa shape index (κ1) is 17.0. The summed E-state index contributed by atoms with van der Waals surface area (Å²) in [6.07, 6.45) is 2.30. The number of esters is 1. The van der Waals surface area contributed by atoms with Gasteiger partial charge in [0.05, 0.1) is 6.61 Å². The van der Waals surface area contributed by atoms with E-state index in [0.29, 0.717) is 19.6 Å². The maximum Gasteiger partial charge on any atom is 0.323 e. The molecule has 1 atom stereocenters. The molecule has 3 rings (SSSR count). The van der Waals surface area contributed by atoms with Gasteiger partial charge in [-0.05, 0) is 36.2 Å². The molecular formula is C20H22N2O3. The highest BCUT2D eigenvalue weighted by Crippen LogP contribution is 2.25. The number of fused-ring (bicyclic) bond motifs is 1. The lowest BCUT2D eigenvalue weighted by Gasteiger charge is -2.10. The monoisotopic (exact) mass is 338 g/mol. The SMILES string of the molecule is CCOC(=O)C(N)Cc1c[nH]c2ccc(OCc3ccccc3)cc12. The number of benzene rings is 2. The molecule has 0 fully saturated rings. The third-order valence-corrected chi connectivity index (χ3v) is 4.02. The first-order chi connectivity index (χ1) is 12.2. The minimum atomic E-state index is -0.673. The van der Waals surface area contributed by atoms with Crippen molar-refractivity contribution in [1.29, 1.82) is 0 Å². The van der Waals surface area contributed by atoms with Crippen LogP contribution in [0.4, 0.5) is 0 Å². The summed E-state index contributed by atoms with van der Waals surface area (Å²) in [5.41, 5.74) is 9.01. The molecular weight excluding hydrogens is 316 g/mol. The van der Waals surface area contributed by atoms with Crippen LogP contribution in [0.25, 0.3) is 10.9 Å². The van der Waals surface area contributed by atoms with Crippen LogP contribution in [0.1, 0.15) is 18.1 Å². The molecule has 0 aliphatic rings. The lowest BCUT2D eigenvalue weighted by Crippen LogP contribution is -2.34. The van der Waals surface area contributed by atoms with Gasteiger partial charge in [-0.1, -0.05) is 30.3 Å². The van der Waals surface area contributed by atoms with E-state index in [1.54, 1.807) is 6.92 Å². The lowest BCUT2D eigenvalue weighted by atomic mass is 10.1. The summed E-state index contributed by atoms with van der Waals surface area (Å²) in [5, 5.41) is 1.00. The highest BCUT2D eigenvalue weighted by atomic mass is 16.5. The summed E-state index contributed by atoms with van der Waals surface area (Å²) in [5.74, 6) is 0.398. The fraction of sp³-hybridized carbons (Fsp3) is 0.250. The summed E-state index contributed by atoms with van der Waals surface area (Å²) in [4.78, 5) is 15.0. The Labute approximate surface area is 146 Å². The van der Waals surface area contributed by atoms with Crippen molar-refractivity contribution >= 4 is 16.9 Å². The van der Waals surface area contributed by atoms with E-state index in [0.717, 1.165) is 27.8 Å². The number of rotatable bonds is 7. The Hall–Kier alpha value is -2.79. The topological polar surface area (TPSA) is 77.3 Å². The molecule has 0 amide bonds. The largest absolute Gasteiger partial charge is 0.489 e. The number of hydrogen-bond donors (Lipinski definition) is 2. The van der Waals surface area contributed by atoms with Crippen LogP contribution in [-0.2, 0) is 22.6 Å². The standard InChI is InChI=1S/C20H22N2O3/c1-2-24-20(23)18(21)10-15-12-22-19-9-8-16(11-17(15)19)25-13-14-6-4-3-5-7-14/h3-9,11-12,18,22H,2,10,13,21H2,1H3. The van der Waals surface area contributed by atoms with Crippen LogP contribution in [0, 0.1) is 0 Å². The van der Waals surface area contributed by atoms with Crippen LogP contribution >= 0.6 is 0 Å². The van der Waals surface area contributed by atoms with Gasteiger partial charge in [0.25, 0.3) is 0 Å². The molecule has 0 saturated heterocycles. The van der Waals surface area contributed by atoms with E-state index in [9.17, 15) is 4.79 Å². The highest BCUT2D eigenvalue weighted by Gasteiger charge is 2.17. The number of H-pyrrole nitrogens is 1. The molecule has 0 aliphatic heterocycles. The van der Waals surface area contributed by atoms with Crippen LogP contribution in [0.15, 0.2) is 54.7 Å². The Bertz CT molecular complexity index is 843. The zero-order valence-corrected chi connectivity index (χ0v) is 14.2. The Morgan fingerprint density at radius 1 is 1.20 bits per heavy atom. The van der Waals surface area contributed by atoms with Gasteiger partial charge in [-0.3, -0.25) is 4.79 Å². The summed E-state index contributed by atoms with van der Waals surface area (Å²) in [7, 11) is 0. The van der Waals surface area contributed by atoms with E-state index in [-0.39, 0.29) is 5.97 Å². The Morgan fingerprint density at radius 3 is 2.76 bits per heavy atom. The fourth-order valence-corrected chi connectivity index (χ4v) is 2.73. The highest BCUT2D eigenvalue weighted by molar-refractivity contribution is 5.85. The van der Waals surface area contributed by atoms with Gasteiger partial charge in [-0.2, -0.15) is 0 Å². The predicted octanol–water partition coefficient (Wildman–Crippen LogP) is 3.18. The van der Waals surface area contributed by atoms with Crippen molar-refractivity contribution in [3.05, 3.63) is 65.9 Å². The number of hydrogen-bond acceptors (Lipinski definition) is 4. The summed E-state index contributed by atoms with van der Waals surface area (Å²) >= 11 is 0. The average molecular weight is 338 g/mol. The van der Waals surface area contributed by atoms with Crippen molar-refractivity contribution < 1.29 is 14.3 Å². The predicted molar refractivity (Wildman–Crippen MR) is 97.4 cm³/mol. The quantitative estimate of drug-likeness (QED) is 0.649. The van der Waals surface area contributed by atoms with Crippen LogP contribution in [0.2, 0.25) is 0 Å². The Balaban J connectivity index is 1.74. The van der Waals surface area contributed by atoms with Gasteiger partial charge in [0.15, 0.2) is 0 Å². The number of ether oxygens (including phenoxy) is 2. The number of aromatic nitrogens is 1. The molecule has 130 valence electrons. The first-order valence-corrected chi connectivity index (χ1v) is 8.36. The number of nitrogens with two attached hydrogens (primary N) is 1. The molecule has 25 heavy (non-hydrogen) atoms. The summed E-state index contributed by atoms with van der Waals surface area (Å²) in [6, 6.07) is 15.2. The van der Waals surface area contributed by atoms with Crippen molar-refractivity contribution in [2.75, 3.05) is 6.61 Å². The average Bonchev–Trinajstić information content (AvgIpc) is 3.03. The Kier molecular flexibility index (Phi) is 5.36. The molecule has 1 aromatic heterocycles. The molecule has 0 spiro atoms. The molecule has 1 unspecified atom stereocenters. The van der Waals surface area contributed by atoms with Crippen LogP contribution in [-0.4, -0.2) is 23.6 Å². The molecule has 3 N–H and O–H groups in total. The maximum absolute atomic E-state index is 11.7. The van der Waals surface area contributed by atoms with E-state index in [4.69, 9.17) is 15.2 Å². The van der Waals surface area contributed by atoms with Crippen molar-refractivity contribution in [3.63, 3.8) is 0 Å². The van der Waals surface area contributed by atoms with Gasteiger partial charge in [0.2, 0.25) is 0 Å². The minimum Gasteiger partial charge on any atom is -0.489 e. The van der Waals surface area contributed by atoms with Gasteiger partial charge < -0.3 is 20.2 Å². The van der Waals surface area contributed by atoms with E-state index in [1.165, 1.54) is 0 Å². The molecule has 1 heterocycles. The van der Waals surface area contributed by atoms with Crippen molar-refractivity contribution in [3.8, 4) is 5.75 Å². The molecule has 0 aliphatic carbocycles. The maximum atomic E-state index is 11.7. The van der Waals surface area contributed by atoms with Crippen molar-refractivity contribution in [1.82, 2.24) is 4.98 Å². The molecule has 0 saturated carbocycles. The summed E-state index contributed by atoms with van der Waals surface area (Å²) < 4.78 is 10.9. The van der Waals surface area contributed by atoms with E-state index in [1.807, 2.05) is 54.7 Å². The molecule has 0 radical (unpaired) electrons. The van der Waals surface area contributed by atoms with Crippen LogP contribution < -0.4 is 10.5 Å². The van der Waals surface area contributed by atoms with Crippen molar-refractivity contribution in [2.45, 2.75) is 26.0 Å². The zero-order valence-electron chi connectivity index (χ0n) is 14.2. The lowest BCUT2D eigenvalue weighted by molar-refractivity contribution is -0.144. The van der Waals surface area contributed by atoms with E-state index < -0.39 is 6.04 Å². The van der Waals surface area contributed by atoms with Crippen LogP contribution in [0.5, 0.6) is 5.75 Å². The van der Waals surface area contributed by atoms with Gasteiger partial charge in [0, 0.05) is 23.5 Å². The first-order valence-electron chi connectivity index (χ1n) is 8.36. The summed E-state index contributed by atoms with van der Waals surface area (Å²) in [6.45, 7) is 2.61. The number of carbonyl (C=O) groups is 1. The minimum absolute atomic E-state index is 0.331.